The van der Waals surface area contributed by atoms with Gasteiger partial charge in [0.25, 0.3) is 5.69 Å². The smallest absolute Gasteiger partial charge is 0.326 e. The number of nitro benzene ring substituents is 1. The molecule has 104 valence electrons. The van der Waals surface area contributed by atoms with Crippen LogP contribution in [0, 0.1) is 10.1 Å². The van der Waals surface area contributed by atoms with E-state index in [1.807, 2.05) is 0 Å². The van der Waals surface area contributed by atoms with Gasteiger partial charge in [-0.3, -0.25) is 10.1 Å². The van der Waals surface area contributed by atoms with Crippen LogP contribution in [0.25, 0.3) is 0 Å². The Balaban J connectivity index is 2.79. The molecule has 2 N–H and O–H groups in total. The number of nitrogens with zero attached hydrogens (tertiary/aromatic N) is 1. The predicted octanol–water partition coefficient (Wildman–Crippen LogP) is 1.89. The maximum Gasteiger partial charge on any atom is 0.326 e. The van der Waals surface area contributed by atoms with E-state index < -0.39 is 16.9 Å². The van der Waals surface area contributed by atoms with Crippen molar-refractivity contribution in [3.8, 4) is 0 Å². The van der Waals surface area contributed by atoms with Crippen molar-refractivity contribution in [2.45, 2.75) is 18.9 Å². The lowest BCUT2D eigenvalue weighted by atomic mass is 10.1. The Morgan fingerprint density at radius 2 is 2.21 bits per heavy atom. The lowest BCUT2D eigenvalue weighted by Gasteiger charge is -2.15. The fraction of sp³-hybridized carbons (Fsp3) is 0.417. The van der Waals surface area contributed by atoms with E-state index in [0.29, 0.717) is 19.4 Å². The first-order valence-electron chi connectivity index (χ1n) is 5.78. The van der Waals surface area contributed by atoms with Gasteiger partial charge in [-0.15, -0.1) is 0 Å². The van der Waals surface area contributed by atoms with Crippen molar-refractivity contribution >= 4 is 17.3 Å². The molecule has 0 aliphatic heterocycles. The maximum absolute atomic E-state index is 11.1. The van der Waals surface area contributed by atoms with E-state index in [-0.39, 0.29) is 11.4 Å². The van der Waals surface area contributed by atoms with Gasteiger partial charge in [-0.1, -0.05) is 12.1 Å². The Kier molecular flexibility index (Phi) is 5.74. The number of ether oxygens (including phenoxy) is 1. The number of methoxy groups -OCH3 is 1. The third-order valence-corrected chi connectivity index (χ3v) is 2.57. The van der Waals surface area contributed by atoms with Gasteiger partial charge in [-0.2, -0.15) is 0 Å². The van der Waals surface area contributed by atoms with Crippen molar-refractivity contribution in [3.05, 3.63) is 34.4 Å². The van der Waals surface area contributed by atoms with Gasteiger partial charge in [-0.25, -0.2) is 4.79 Å². The van der Waals surface area contributed by atoms with E-state index in [4.69, 9.17) is 9.84 Å². The molecule has 1 unspecified atom stereocenters. The van der Waals surface area contributed by atoms with Crippen molar-refractivity contribution < 1.29 is 19.6 Å². The molecule has 0 saturated heterocycles. The Morgan fingerprint density at radius 3 is 2.79 bits per heavy atom. The minimum atomic E-state index is -1.05. The zero-order valence-corrected chi connectivity index (χ0v) is 10.5. The molecule has 1 rings (SSSR count). The van der Waals surface area contributed by atoms with Crippen molar-refractivity contribution in [2.24, 2.45) is 0 Å². The number of hydrogen-bond acceptors (Lipinski definition) is 5. The molecule has 7 nitrogen and oxygen atoms in total. The minimum Gasteiger partial charge on any atom is -0.480 e. The summed E-state index contributed by atoms with van der Waals surface area (Å²) < 4.78 is 4.86. The Morgan fingerprint density at radius 1 is 1.53 bits per heavy atom. The second-order valence-corrected chi connectivity index (χ2v) is 3.94. The number of carboxylic acids is 1. The van der Waals surface area contributed by atoms with Crippen molar-refractivity contribution in [1.82, 2.24) is 0 Å². The summed E-state index contributed by atoms with van der Waals surface area (Å²) in [5.74, 6) is -1.05. The predicted molar refractivity (Wildman–Crippen MR) is 69.3 cm³/mol. The first kappa shape index (κ1) is 14.9. The van der Waals surface area contributed by atoms with E-state index in [0.717, 1.165) is 0 Å². The highest BCUT2D eigenvalue weighted by Gasteiger charge is 2.21. The van der Waals surface area contributed by atoms with E-state index in [9.17, 15) is 14.9 Å². The highest BCUT2D eigenvalue weighted by Crippen LogP contribution is 2.24. The number of nitro groups is 1. The van der Waals surface area contributed by atoms with Crippen molar-refractivity contribution in [1.29, 1.82) is 0 Å². The topological polar surface area (TPSA) is 102 Å². The van der Waals surface area contributed by atoms with Crippen LogP contribution in [0.2, 0.25) is 0 Å². The maximum atomic E-state index is 11.1. The molecule has 19 heavy (non-hydrogen) atoms. The molecular formula is C12H16N2O5. The van der Waals surface area contributed by atoms with E-state index >= 15 is 0 Å². The van der Waals surface area contributed by atoms with Crippen LogP contribution in [0.15, 0.2) is 24.3 Å². The molecule has 0 spiro atoms. The SMILES string of the molecule is COCCCC(Nc1ccccc1[N+](=O)[O-])C(=O)O. The quantitative estimate of drug-likeness (QED) is 0.424. The van der Waals surface area contributed by atoms with Crippen molar-refractivity contribution in [3.63, 3.8) is 0 Å². The Labute approximate surface area is 110 Å². The van der Waals surface area contributed by atoms with Crippen LogP contribution < -0.4 is 5.32 Å². The fourth-order valence-electron chi connectivity index (χ4n) is 1.63. The van der Waals surface area contributed by atoms with Crippen LogP contribution in [0.1, 0.15) is 12.8 Å². The third-order valence-electron chi connectivity index (χ3n) is 2.57. The molecule has 0 amide bonds. The highest BCUT2D eigenvalue weighted by atomic mass is 16.6. The molecule has 0 heterocycles. The Hall–Kier alpha value is -2.15. The molecule has 0 aliphatic carbocycles. The summed E-state index contributed by atoms with van der Waals surface area (Å²) in [5.41, 5.74) is 0.0674. The number of hydrogen-bond donors (Lipinski definition) is 2. The van der Waals surface area contributed by atoms with Crippen LogP contribution >= 0.6 is 0 Å². The van der Waals surface area contributed by atoms with Gasteiger partial charge in [0.15, 0.2) is 0 Å². The first-order valence-corrected chi connectivity index (χ1v) is 5.78. The summed E-state index contributed by atoms with van der Waals surface area (Å²) in [6.07, 6.45) is 0.885. The van der Waals surface area contributed by atoms with Crippen LogP contribution in [-0.2, 0) is 9.53 Å². The second-order valence-electron chi connectivity index (χ2n) is 3.94. The Bertz CT molecular complexity index is 450. The van der Waals surface area contributed by atoms with Gasteiger partial charge in [0.2, 0.25) is 0 Å². The summed E-state index contributed by atoms with van der Waals surface area (Å²) in [5, 5.41) is 22.6. The third kappa shape index (κ3) is 4.55. The lowest BCUT2D eigenvalue weighted by Crippen LogP contribution is -2.29. The first-order chi connectivity index (χ1) is 9.06. The number of benzene rings is 1. The number of para-hydroxylation sites is 2. The minimum absolute atomic E-state index is 0.138. The summed E-state index contributed by atoms with van der Waals surface area (Å²) in [6.45, 7) is 0.447. The number of rotatable bonds is 8. The van der Waals surface area contributed by atoms with Crippen molar-refractivity contribution in [2.75, 3.05) is 19.0 Å². The van der Waals surface area contributed by atoms with Gasteiger partial charge < -0.3 is 15.2 Å². The van der Waals surface area contributed by atoms with E-state index in [2.05, 4.69) is 5.32 Å². The molecule has 0 aromatic heterocycles. The number of carbonyl (C=O) groups is 1. The van der Waals surface area contributed by atoms with Gasteiger partial charge >= 0.3 is 5.97 Å². The van der Waals surface area contributed by atoms with Gasteiger partial charge in [0.1, 0.15) is 11.7 Å². The molecule has 1 aromatic carbocycles. The number of nitrogens with one attached hydrogen (secondary N) is 1. The zero-order chi connectivity index (χ0) is 14.3. The summed E-state index contributed by atoms with van der Waals surface area (Å²) in [6, 6.07) is 5.09. The second kappa shape index (κ2) is 7.32. The monoisotopic (exact) mass is 268 g/mol. The molecule has 1 aromatic rings. The number of carboxylic acid groups (broad SMARTS) is 1. The molecule has 0 saturated carbocycles. The van der Waals surface area contributed by atoms with Crippen LogP contribution in [0.3, 0.4) is 0 Å². The number of aliphatic carboxylic acids is 1. The normalized spacial score (nSPS) is 11.8. The average Bonchev–Trinajstić information content (AvgIpc) is 2.38. The zero-order valence-electron chi connectivity index (χ0n) is 10.5. The molecule has 7 heteroatoms. The fourth-order valence-corrected chi connectivity index (χ4v) is 1.63. The number of anilines is 1. The van der Waals surface area contributed by atoms with Gasteiger partial charge in [0.05, 0.1) is 4.92 Å². The average molecular weight is 268 g/mol. The molecule has 0 radical (unpaired) electrons. The van der Waals surface area contributed by atoms with E-state index in [1.165, 1.54) is 25.3 Å². The van der Waals surface area contributed by atoms with E-state index in [1.54, 1.807) is 6.07 Å². The van der Waals surface area contributed by atoms with Crippen LogP contribution in [-0.4, -0.2) is 35.8 Å². The van der Waals surface area contributed by atoms with Crippen LogP contribution in [0.4, 0.5) is 11.4 Å². The lowest BCUT2D eigenvalue weighted by molar-refractivity contribution is -0.384. The van der Waals surface area contributed by atoms with Gasteiger partial charge in [0, 0.05) is 19.8 Å². The summed E-state index contributed by atoms with van der Waals surface area (Å²) in [7, 11) is 1.53. The summed E-state index contributed by atoms with van der Waals surface area (Å²) >= 11 is 0. The highest BCUT2D eigenvalue weighted by molar-refractivity contribution is 5.78. The van der Waals surface area contributed by atoms with Crippen LogP contribution in [0.5, 0.6) is 0 Å². The standard InChI is InChI=1S/C12H16N2O5/c1-19-8-4-6-10(12(15)16)13-9-5-2-3-7-11(9)14(17)18/h2-3,5,7,10,13H,4,6,8H2,1H3,(H,15,16). The largest absolute Gasteiger partial charge is 0.480 e. The molecule has 1 atom stereocenters. The summed E-state index contributed by atoms with van der Waals surface area (Å²) in [4.78, 5) is 21.4. The van der Waals surface area contributed by atoms with Gasteiger partial charge in [-0.05, 0) is 18.9 Å². The molecule has 0 aliphatic rings. The molecule has 0 bridgehead atoms. The molecular weight excluding hydrogens is 252 g/mol. The molecule has 0 fully saturated rings.